The predicted molar refractivity (Wildman–Crippen MR) is 141 cm³/mol. The molecule has 2 heterocycles. The van der Waals surface area contributed by atoms with E-state index >= 15 is 0 Å². The molecule has 0 radical (unpaired) electrons. The number of anilines is 1. The summed E-state index contributed by atoms with van der Waals surface area (Å²) < 4.78 is 13.7. The first kappa shape index (κ1) is 23.4. The molecule has 0 bridgehead atoms. The van der Waals surface area contributed by atoms with Gasteiger partial charge in [0.2, 0.25) is 0 Å². The van der Waals surface area contributed by atoms with Gasteiger partial charge >= 0.3 is 0 Å². The predicted octanol–water partition coefficient (Wildman–Crippen LogP) is 5.11. The number of hydrogen-bond acceptors (Lipinski definition) is 5. The van der Waals surface area contributed by atoms with Crippen molar-refractivity contribution in [2.75, 3.05) is 19.5 Å². The van der Waals surface area contributed by atoms with Crippen LogP contribution in [-0.4, -0.2) is 34.5 Å². The van der Waals surface area contributed by atoms with Crippen LogP contribution >= 0.6 is 11.6 Å². The Morgan fingerprint density at radius 1 is 1.03 bits per heavy atom. The van der Waals surface area contributed by atoms with Crippen molar-refractivity contribution in [1.82, 2.24) is 14.3 Å². The van der Waals surface area contributed by atoms with Crippen LogP contribution in [0, 0.1) is 6.92 Å². The number of benzene rings is 3. The molecule has 182 valence electrons. The SMILES string of the molecule is COc1ccc(-n2nc(C(=O)Nc3cc(C)c(Cl)cc3OC)c3c4ccccc4n(C)c3c2=O)cc1. The van der Waals surface area contributed by atoms with Gasteiger partial charge in [-0.1, -0.05) is 29.8 Å². The van der Waals surface area contributed by atoms with E-state index in [4.69, 9.17) is 21.1 Å². The van der Waals surface area contributed by atoms with E-state index in [2.05, 4.69) is 10.4 Å². The largest absolute Gasteiger partial charge is 0.497 e. The fourth-order valence-electron chi connectivity index (χ4n) is 4.35. The Bertz CT molecular complexity index is 1700. The zero-order valence-corrected chi connectivity index (χ0v) is 20.9. The molecule has 0 unspecified atom stereocenters. The smallest absolute Gasteiger partial charge is 0.296 e. The maximum atomic E-state index is 13.7. The first-order valence-electron chi connectivity index (χ1n) is 11.1. The highest BCUT2D eigenvalue weighted by atomic mass is 35.5. The van der Waals surface area contributed by atoms with Gasteiger partial charge in [-0.15, -0.1) is 0 Å². The van der Waals surface area contributed by atoms with E-state index in [0.717, 1.165) is 16.5 Å². The van der Waals surface area contributed by atoms with Crippen LogP contribution in [-0.2, 0) is 7.05 Å². The van der Waals surface area contributed by atoms with Crippen molar-refractivity contribution >= 4 is 45.0 Å². The minimum atomic E-state index is -0.487. The number of carbonyl (C=O) groups excluding carboxylic acids is 1. The summed E-state index contributed by atoms with van der Waals surface area (Å²) in [5.41, 5.74) is 2.67. The lowest BCUT2D eigenvalue weighted by atomic mass is 10.1. The standard InChI is InChI=1S/C27H23ClN4O4/c1-15-13-20(22(36-4)14-19(15)28)29-26(33)24-23-18-7-5-6-8-21(18)31(2)25(23)27(34)32(30-24)16-9-11-17(35-3)12-10-16/h5-14H,1-4H3,(H,29,33). The number of rotatable bonds is 5. The fraction of sp³-hybridized carbons (Fsp3) is 0.148. The Balaban J connectivity index is 1.77. The van der Waals surface area contributed by atoms with Crippen molar-refractivity contribution in [2.24, 2.45) is 7.05 Å². The second-order valence-electron chi connectivity index (χ2n) is 8.32. The maximum absolute atomic E-state index is 13.7. The number of fused-ring (bicyclic) bond motifs is 3. The van der Waals surface area contributed by atoms with Gasteiger partial charge in [0.15, 0.2) is 5.69 Å². The molecule has 0 aliphatic carbocycles. The molecule has 5 rings (SSSR count). The van der Waals surface area contributed by atoms with E-state index in [-0.39, 0.29) is 11.3 Å². The number of nitrogens with zero attached hydrogens (tertiary/aromatic N) is 3. The zero-order valence-electron chi connectivity index (χ0n) is 20.1. The summed E-state index contributed by atoms with van der Waals surface area (Å²) >= 11 is 6.24. The molecule has 8 nitrogen and oxygen atoms in total. The molecule has 0 spiro atoms. The van der Waals surface area contributed by atoms with Gasteiger partial charge < -0.3 is 19.4 Å². The highest BCUT2D eigenvalue weighted by Crippen LogP contribution is 2.33. The van der Waals surface area contributed by atoms with Crippen molar-refractivity contribution in [3.63, 3.8) is 0 Å². The van der Waals surface area contributed by atoms with Gasteiger partial charge in [-0.3, -0.25) is 9.59 Å². The first-order valence-corrected chi connectivity index (χ1v) is 11.5. The molecule has 0 atom stereocenters. The Hall–Kier alpha value is -4.30. The van der Waals surface area contributed by atoms with E-state index in [1.807, 2.05) is 31.2 Å². The lowest BCUT2D eigenvalue weighted by molar-refractivity contribution is 0.102. The van der Waals surface area contributed by atoms with Crippen molar-refractivity contribution < 1.29 is 14.3 Å². The van der Waals surface area contributed by atoms with E-state index in [9.17, 15) is 9.59 Å². The van der Waals surface area contributed by atoms with Crippen molar-refractivity contribution in [3.8, 4) is 17.2 Å². The number of nitrogens with one attached hydrogen (secondary N) is 1. The minimum absolute atomic E-state index is 0.104. The second-order valence-corrected chi connectivity index (χ2v) is 8.73. The molecule has 0 saturated carbocycles. The highest BCUT2D eigenvalue weighted by Gasteiger charge is 2.24. The van der Waals surface area contributed by atoms with Crippen LogP contribution in [0.1, 0.15) is 16.1 Å². The molecular weight excluding hydrogens is 480 g/mol. The normalized spacial score (nSPS) is 11.1. The number of aryl methyl sites for hydroxylation is 2. The highest BCUT2D eigenvalue weighted by molar-refractivity contribution is 6.31. The lowest BCUT2D eigenvalue weighted by Gasteiger charge is -2.14. The van der Waals surface area contributed by atoms with E-state index in [1.54, 1.807) is 55.1 Å². The monoisotopic (exact) mass is 502 g/mol. The number of halogens is 1. The second kappa shape index (κ2) is 9.05. The summed E-state index contributed by atoms with van der Waals surface area (Å²) in [6.07, 6.45) is 0. The van der Waals surface area contributed by atoms with Gasteiger partial charge in [0.1, 0.15) is 17.0 Å². The zero-order chi connectivity index (χ0) is 25.6. The molecule has 0 fully saturated rings. The van der Waals surface area contributed by atoms with Gasteiger partial charge in [0.25, 0.3) is 11.5 Å². The summed E-state index contributed by atoms with van der Waals surface area (Å²) in [5.74, 6) is 0.566. The fourth-order valence-corrected chi connectivity index (χ4v) is 4.50. The molecular formula is C27H23ClN4O4. The number of ether oxygens (including phenoxy) is 2. The van der Waals surface area contributed by atoms with Gasteiger partial charge in [-0.25, -0.2) is 0 Å². The summed E-state index contributed by atoms with van der Waals surface area (Å²) in [4.78, 5) is 27.4. The average Bonchev–Trinajstić information content (AvgIpc) is 3.19. The van der Waals surface area contributed by atoms with Crippen LogP contribution in [0.2, 0.25) is 5.02 Å². The molecule has 0 saturated heterocycles. The third kappa shape index (κ3) is 3.76. The Labute approximate surface area is 211 Å². The molecule has 9 heteroatoms. The van der Waals surface area contributed by atoms with Crippen LogP contribution in [0.25, 0.3) is 27.5 Å². The molecule has 2 aromatic heterocycles. The van der Waals surface area contributed by atoms with Crippen molar-refractivity contribution in [1.29, 1.82) is 0 Å². The first-order chi connectivity index (χ1) is 17.3. The van der Waals surface area contributed by atoms with E-state index in [0.29, 0.717) is 38.8 Å². The van der Waals surface area contributed by atoms with E-state index < -0.39 is 5.91 Å². The number of hydrogen-bond donors (Lipinski definition) is 1. The molecule has 1 amide bonds. The number of para-hydroxylation sites is 1. The van der Waals surface area contributed by atoms with Crippen LogP contribution in [0.3, 0.4) is 0 Å². The summed E-state index contributed by atoms with van der Waals surface area (Å²) in [6.45, 7) is 1.84. The van der Waals surface area contributed by atoms with Crippen molar-refractivity contribution in [2.45, 2.75) is 6.92 Å². The van der Waals surface area contributed by atoms with Crippen LogP contribution in [0.5, 0.6) is 11.5 Å². The third-order valence-electron chi connectivity index (χ3n) is 6.20. The van der Waals surface area contributed by atoms with Crippen LogP contribution in [0.4, 0.5) is 5.69 Å². The van der Waals surface area contributed by atoms with Crippen LogP contribution < -0.4 is 20.3 Å². The number of amides is 1. The topological polar surface area (TPSA) is 87.4 Å². The number of methoxy groups -OCH3 is 2. The minimum Gasteiger partial charge on any atom is -0.497 e. The summed E-state index contributed by atoms with van der Waals surface area (Å²) in [5, 5.41) is 9.20. The summed E-state index contributed by atoms with van der Waals surface area (Å²) in [6, 6.07) is 17.8. The van der Waals surface area contributed by atoms with Crippen LogP contribution in [0.15, 0.2) is 65.5 Å². The molecule has 5 aromatic rings. The van der Waals surface area contributed by atoms with Gasteiger partial charge in [0, 0.05) is 34.4 Å². The van der Waals surface area contributed by atoms with Crippen molar-refractivity contribution in [3.05, 3.63) is 87.3 Å². The Morgan fingerprint density at radius 2 is 1.75 bits per heavy atom. The van der Waals surface area contributed by atoms with Gasteiger partial charge in [-0.2, -0.15) is 9.78 Å². The lowest BCUT2D eigenvalue weighted by Crippen LogP contribution is -2.27. The number of aromatic nitrogens is 3. The van der Waals surface area contributed by atoms with Gasteiger partial charge in [-0.05, 0) is 48.9 Å². The number of carbonyl (C=O) groups is 1. The Kier molecular flexibility index (Phi) is 5.89. The molecule has 1 N–H and O–H groups in total. The summed E-state index contributed by atoms with van der Waals surface area (Å²) in [7, 11) is 4.87. The van der Waals surface area contributed by atoms with Gasteiger partial charge in [0.05, 0.1) is 25.6 Å². The Morgan fingerprint density at radius 3 is 2.44 bits per heavy atom. The average molecular weight is 503 g/mol. The molecule has 36 heavy (non-hydrogen) atoms. The quantitative estimate of drug-likeness (QED) is 0.361. The maximum Gasteiger partial charge on any atom is 0.296 e. The molecule has 0 aliphatic rings. The molecule has 0 aliphatic heterocycles. The third-order valence-corrected chi connectivity index (χ3v) is 6.61. The molecule has 3 aromatic carbocycles. The van der Waals surface area contributed by atoms with E-state index in [1.165, 1.54) is 11.8 Å².